The number of morpholine rings is 1. The lowest BCUT2D eigenvalue weighted by Crippen LogP contribution is -2.42. The van der Waals surface area contributed by atoms with Crippen molar-refractivity contribution < 1.29 is 27.5 Å². The van der Waals surface area contributed by atoms with Crippen molar-refractivity contribution in [2.24, 2.45) is 5.16 Å². The van der Waals surface area contributed by atoms with Crippen LogP contribution in [0.25, 0.3) is 0 Å². The maximum absolute atomic E-state index is 12.7. The van der Waals surface area contributed by atoms with Crippen molar-refractivity contribution in [2.45, 2.75) is 32.0 Å². The SMILES string of the molecule is O=C(CCN1CCOCC1)N1CCC(=NOCc2cccc(C(F)(F)F)c2)CC1. The number of alkyl halides is 3. The van der Waals surface area contributed by atoms with Gasteiger partial charge in [0.2, 0.25) is 5.91 Å². The molecule has 0 spiro atoms. The maximum atomic E-state index is 12.7. The lowest BCUT2D eigenvalue weighted by molar-refractivity contribution is -0.137. The van der Waals surface area contributed by atoms with E-state index in [0.717, 1.165) is 50.7 Å². The van der Waals surface area contributed by atoms with Gasteiger partial charge >= 0.3 is 6.18 Å². The van der Waals surface area contributed by atoms with Crippen molar-refractivity contribution in [2.75, 3.05) is 45.9 Å². The van der Waals surface area contributed by atoms with E-state index in [9.17, 15) is 18.0 Å². The van der Waals surface area contributed by atoms with Crippen molar-refractivity contribution >= 4 is 11.6 Å². The second-order valence-corrected chi connectivity index (χ2v) is 7.21. The zero-order valence-corrected chi connectivity index (χ0v) is 16.3. The van der Waals surface area contributed by atoms with Crippen LogP contribution in [0.3, 0.4) is 0 Å². The predicted octanol–water partition coefficient (Wildman–Crippen LogP) is 2.92. The van der Waals surface area contributed by atoms with Crippen molar-refractivity contribution in [1.29, 1.82) is 0 Å². The monoisotopic (exact) mass is 413 g/mol. The standard InChI is InChI=1S/C20H26F3N3O3/c21-20(22,23)17-3-1-2-16(14-17)15-29-24-18-4-8-26(9-5-18)19(27)6-7-25-10-12-28-13-11-25/h1-3,14H,4-13,15H2. The minimum Gasteiger partial charge on any atom is -0.391 e. The number of piperidine rings is 1. The Morgan fingerprint density at radius 3 is 2.55 bits per heavy atom. The molecule has 0 atom stereocenters. The molecular weight excluding hydrogens is 387 g/mol. The number of oxime groups is 1. The number of carbonyl (C=O) groups is 1. The molecule has 0 aromatic heterocycles. The average molecular weight is 413 g/mol. The minimum atomic E-state index is -4.37. The highest BCUT2D eigenvalue weighted by Gasteiger charge is 2.30. The normalized spacial score (nSPS) is 18.6. The van der Waals surface area contributed by atoms with Crippen LogP contribution in [0, 0.1) is 0 Å². The van der Waals surface area contributed by atoms with E-state index in [4.69, 9.17) is 9.57 Å². The maximum Gasteiger partial charge on any atom is 0.416 e. The highest BCUT2D eigenvalue weighted by Crippen LogP contribution is 2.29. The van der Waals surface area contributed by atoms with E-state index in [1.165, 1.54) is 6.07 Å². The molecule has 6 nitrogen and oxygen atoms in total. The summed E-state index contributed by atoms with van der Waals surface area (Å²) in [6, 6.07) is 5.03. The van der Waals surface area contributed by atoms with Crippen molar-refractivity contribution in [1.82, 2.24) is 9.80 Å². The fourth-order valence-electron chi connectivity index (χ4n) is 3.38. The lowest BCUT2D eigenvalue weighted by Gasteiger charge is -2.30. The highest BCUT2D eigenvalue weighted by atomic mass is 19.4. The summed E-state index contributed by atoms with van der Waals surface area (Å²) in [5.74, 6) is 0.139. The summed E-state index contributed by atoms with van der Waals surface area (Å²) < 4.78 is 43.5. The Labute approximate surface area is 168 Å². The molecule has 2 aliphatic rings. The summed E-state index contributed by atoms with van der Waals surface area (Å²) in [5, 5.41) is 4.06. The van der Waals surface area contributed by atoms with Crippen LogP contribution >= 0.6 is 0 Å². The van der Waals surface area contributed by atoms with Gasteiger partial charge in [0.25, 0.3) is 0 Å². The van der Waals surface area contributed by atoms with Crippen LogP contribution < -0.4 is 0 Å². The Hall–Kier alpha value is -2.13. The molecule has 0 N–H and O–H groups in total. The summed E-state index contributed by atoms with van der Waals surface area (Å²) in [4.78, 5) is 21.7. The lowest BCUT2D eigenvalue weighted by atomic mass is 10.1. The summed E-state index contributed by atoms with van der Waals surface area (Å²) in [7, 11) is 0. The Balaban J connectivity index is 1.39. The molecular formula is C20H26F3N3O3. The number of ether oxygens (including phenoxy) is 1. The molecule has 2 aliphatic heterocycles. The minimum absolute atomic E-state index is 0.0182. The third kappa shape index (κ3) is 6.71. The number of carbonyl (C=O) groups excluding carboxylic acids is 1. The molecule has 2 heterocycles. The molecule has 9 heteroatoms. The van der Waals surface area contributed by atoms with Crippen LogP contribution in [-0.2, 0) is 27.2 Å². The van der Waals surface area contributed by atoms with Gasteiger partial charge in [-0.2, -0.15) is 13.2 Å². The Bertz CT molecular complexity index is 708. The fourth-order valence-corrected chi connectivity index (χ4v) is 3.38. The van der Waals surface area contributed by atoms with Gasteiger partial charge in [0.1, 0.15) is 6.61 Å². The zero-order valence-electron chi connectivity index (χ0n) is 16.3. The largest absolute Gasteiger partial charge is 0.416 e. The first-order chi connectivity index (χ1) is 13.9. The number of hydrogen-bond acceptors (Lipinski definition) is 5. The van der Waals surface area contributed by atoms with Gasteiger partial charge in [0, 0.05) is 52.0 Å². The second-order valence-electron chi connectivity index (χ2n) is 7.21. The third-order valence-electron chi connectivity index (χ3n) is 5.12. The van der Waals surface area contributed by atoms with E-state index in [1.807, 2.05) is 4.90 Å². The van der Waals surface area contributed by atoms with E-state index in [2.05, 4.69) is 10.1 Å². The Morgan fingerprint density at radius 2 is 1.86 bits per heavy atom. The van der Waals surface area contributed by atoms with Crippen LogP contribution in [-0.4, -0.2) is 67.4 Å². The molecule has 0 unspecified atom stereocenters. The van der Waals surface area contributed by atoms with Gasteiger partial charge in [0.05, 0.1) is 24.5 Å². The molecule has 1 amide bonds. The van der Waals surface area contributed by atoms with Crippen LogP contribution in [0.2, 0.25) is 0 Å². The molecule has 0 saturated carbocycles. The van der Waals surface area contributed by atoms with Gasteiger partial charge in [-0.3, -0.25) is 9.69 Å². The van der Waals surface area contributed by atoms with Gasteiger partial charge in [-0.1, -0.05) is 17.3 Å². The number of hydrogen-bond donors (Lipinski definition) is 0. The number of rotatable bonds is 6. The molecule has 2 saturated heterocycles. The quantitative estimate of drug-likeness (QED) is 0.673. The molecule has 0 bridgehead atoms. The van der Waals surface area contributed by atoms with Crippen LogP contribution in [0.4, 0.5) is 13.2 Å². The van der Waals surface area contributed by atoms with Crippen molar-refractivity contribution in [3.05, 3.63) is 35.4 Å². The number of amides is 1. The first-order valence-electron chi connectivity index (χ1n) is 9.83. The number of likely N-dealkylation sites (tertiary alicyclic amines) is 1. The van der Waals surface area contributed by atoms with Crippen LogP contribution in [0.1, 0.15) is 30.4 Å². The number of benzene rings is 1. The zero-order chi connectivity index (χ0) is 20.7. The summed E-state index contributed by atoms with van der Waals surface area (Å²) in [6.45, 7) is 5.09. The van der Waals surface area contributed by atoms with E-state index >= 15 is 0 Å². The van der Waals surface area contributed by atoms with Gasteiger partial charge in [0.15, 0.2) is 0 Å². The third-order valence-corrected chi connectivity index (χ3v) is 5.12. The van der Waals surface area contributed by atoms with Gasteiger partial charge in [-0.15, -0.1) is 0 Å². The summed E-state index contributed by atoms with van der Waals surface area (Å²) in [5.41, 5.74) is 0.546. The van der Waals surface area contributed by atoms with E-state index in [1.54, 1.807) is 6.07 Å². The van der Waals surface area contributed by atoms with E-state index in [0.29, 0.717) is 37.9 Å². The average Bonchev–Trinajstić information content (AvgIpc) is 2.73. The van der Waals surface area contributed by atoms with Crippen LogP contribution in [0.5, 0.6) is 0 Å². The topological polar surface area (TPSA) is 54.4 Å². The van der Waals surface area contributed by atoms with Crippen molar-refractivity contribution in [3.63, 3.8) is 0 Å². The van der Waals surface area contributed by atoms with Crippen LogP contribution in [0.15, 0.2) is 29.4 Å². The number of halogens is 3. The molecule has 0 aliphatic carbocycles. The van der Waals surface area contributed by atoms with E-state index < -0.39 is 11.7 Å². The summed E-state index contributed by atoms with van der Waals surface area (Å²) in [6.07, 6.45) is -2.64. The smallest absolute Gasteiger partial charge is 0.391 e. The molecule has 160 valence electrons. The first kappa shape index (κ1) is 21.6. The van der Waals surface area contributed by atoms with Gasteiger partial charge in [-0.25, -0.2) is 0 Å². The highest BCUT2D eigenvalue weighted by molar-refractivity contribution is 5.87. The molecule has 1 aromatic rings. The fraction of sp³-hybridized carbons (Fsp3) is 0.600. The molecule has 0 radical (unpaired) electrons. The Kier molecular flexibility index (Phi) is 7.49. The second kappa shape index (κ2) is 10.1. The van der Waals surface area contributed by atoms with Gasteiger partial charge < -0.3 is 14.5 Å². The van der Waals surface area contributed by atoms with Crippen molar-refractivity contribution in [3.8, 4) is 0 Å². The van der Waals surface area contributed by atoms with Gasteiger partial charge in [-0.05, 0) is 17.7 Å². The Morgan fingerprint density at radius 1 is 1.14 bits per heavy atom. The number of nitrogens with zero attached hydrogens (tertiary/aromatic N) is 3. The predicted molar refractivity (Wildman–Crippen MR) is 101 cm³/mol. The summed E-state index contributed by atoms with van der Waals surface area (Å²) >= 11 is 0. The van der Waals surface area contributed by atoms with E-state index in [-0.39, 0.29) is 12.5 Å². The first-order valence-corrected chi connectivity index (χ1v) is 9.83. The molecule has 2 fully saturated rings. The molecule has 3 rings (SSSR count). The molecule has 29 heavy (non-hydrogen) atoms. The molecule has 1 aromatic carbocycles.